The van der Waals surface area contributed by atoms with Gasteiger partial charge in [0.1, 0.15) is 11.6 Å². The molecule has 2 aromatic rings. The molecule has 1 saturated carbocycles. The standard InChI is InChI=1S/C18H24FN5/c1-3-20-18(22-11-14-4-5-14)23-12-15-6-7-17(16(19)10-15)24-9-8-21-13(24)2/h6-10,14H,3-5,11-12H2,1-2H3,(H2,20,22,23). The van der Waals surface area contributed by atoms with E-state index in [0.29, 0.717) is 12.2 Å². The molecule has 0 saturated heterocycles. The average Bonchev–Trinajstić information content (AvgIpc) is 3.31. The van der Waals surface area contributed by atoms with Crippen molar-refractivity contribution in [2.75, 3.05) is 13.1 Å². The summed E-state index contributed by atoms with van der Waals surface area (Å²) in [6.07, 6.45) is 6.03. The van der Waals surface area contributed by atoms with Crippen molar-refractivity contribution in [1.29, 1.82) is 0 Å². The van der Waals surface area contributed by atoms with Gasteiger partial charge in [0, 0.05) is 25.5 Å². The van der Waals surface area contributed by atoms with E-state index in [1.165, 1.54) is 12.8 Å². The lowest BCUT2D eigenvalue weighted by atomic mass is 10.2. The first-order valence-corrected chi connectivity index (χ1v) is 8.48. The number of imidazole rings is 1. The predicted molar refractivity (Wildman–Crippen MR) is 93.8 cm³/mol. The molecular formula is C18H24FN5. The number of aliphatic imine (C=N–C) groups is 1. The molecular weight excluding hydrogens is 305 g/mol. The molecule has 1 aliphatic carbocycles. The number of hydrogen-bond acceptors (Lipinski definition) is 2. The van der Waals surface area contributed by atoms with E-state index in [1.807, 2.05) is 19.9 Å². The Hall–Kier alpha value is -2.37. The van der Waals surface area contributed by atoms with Crippen molar-refractivity contribution < 1.29 is 4.39 Å². The quantitative estimate of drug-likeness (QED) is 0.633. The minimum atomic E-state index is -0.264. The van der Waals surface area contributed by atoms with Crippen molar-refractivity contribution in [3.8, 4) is 5.69 Å². The van der Waals surface area contributed by atoms with Crippen molar-refractivity contribution in [3.05, 3.63) is 47.8 Å². The summed E-state index contributed by atoms with van der Waals surface area (Å²) in [5.41, 5.74) is 1.36. The molecule has 1 fully saturated rings. The van der Waals surface area contributed by atoms with Gasteiger partial charge in [-0.25, -0.2) is 14.4 Å². The molecule has 1 aliphatic rings. The van der Waals surface area contributed by atoms with Crippen LogP contribution in [0.4, 0.5) is 4.39 Å². The van der Waals surface area contributed by atoms with Crippen LogP contribution in [0.25, 0.3) is 5.69 Å². The maximum absolute atomic E-state index is 14.4. The zero-order chi connectivity index (χ0) is 16.9. The summed E-state index contributed by atoms with van der Waals surface area (Å²) < 4.78 is 16.1. The number of aromatic nitrogens is 2. The van der Waals surface area contributed by atoms with Crippen molar-refractivity contribution in [2.24, 2.45) is 10.9 Å². The Morgan fingerprint density at radius 2 is 2.21 bits per heavy atom. The van der Waals surface area contributed by atoms with Gasteiger partial charge in [-0.2, -0.15) is 0 Å². The third kappa shape index (κ3) is 4.13. The first kappa shape index (κ1) is 16.5. The molecule has 1 heterocycles. The van der Waals surface area contributed by atoms with Gasteiger partial charge in [-0.15, -0.1) is 0 Å². The van der Waals surface area contributed by atoms with E-state index in [-0.39, 0.29) is 5.82 Å². The van der Waals surface area contributed by atoms with Crippen molar-refractivity contribution >= 4 is 5.96 Å². The molecule has 0 unspecified atom stereocenters. The number of nitrogens with zero attached hydrogens (tertiary/aromatic N) is 3. The monoisotopic (exact) mass is 329 g/mol. The molecule has 24 heavy (non-hydrogen) atoms. The molecule has 0 aliphatic heterocycles. The predicted octanol–water partition coefficient (Wildman–Crippen LogP) is 2.78. The lowest BCUT2D eigenvalue weighted by Gasteiger charge is -2.11. The van der Waals surface area contributed by atoms with E-state index in [2.05, 4.69) is 20.6 Å². The number of aryl methyl sites for hydroxylation is 1. The summed E-state index contributed by atoms with van der Waals surface area (Å²) in [6.45, 7) is 6.10. The van der Waals surface area contributed by atoms with Crippen molar-refractivity contribution in [2.45, 2.75) is 33.2 Å². The van der Waals surface area contributed by atoms with E-state index in [1.54, 1.807) is 29.1 Å². The summed E-state index contributed by atoms with van der Waals surface area (Å²) in [7, 11) is 0. The molecule has 0 atom stereocenters. The van der Waals surface area contributed by atoms with E-state index in [9.17, 15) is 4.39 Å². The fourth-order valence-corrected chi connectivity index (χ4v) is 2.55. The van der Waals surface area contributed by atoms with E-state index < -0.39 is 0 Å². The highest BCUT2D eigenvalue weighted by atomic mass is 19.1. The zero-order valence-corrected chi connectivity index (χ0v) is 14.2. The zero-order valence-electron chi connectivity index (χ0n) is 14.2. The molecule has 0 amide bonds. The van der Waals surface area contributed by atoms with Gasteiger partial charge in [0.2, 0.25) is 0 Å². The van der Waals surface area contributed by atoms with Gasteiger partial charge in [0.25, 0.3) is 0 Å². The number of hydrogen-bond donors (Lipinski definition) is 2. The summed E-state index contributed by atoms with van der Waals surface area (Å²) >= 11 is 0. The smallest absolute Gasteiger partial charge is 0.191 e. The Labute approximate surface area is 142 Å². The Bertz CT molecular complexity index is 718. The highest BCUT2D eigenvalue weighted by molar-refractivity contribution is 5.79. The van der Waals surface area contributed by atoms with Gasteiger partial charge >= 0.3 is 0 Å². The maximum Gasteiger partial charge on any atom is 0.191 e. The fourth-order valence-electron chi connectivity index (χ4n) is 2.55. The second kappa shape index (κ2) is 7.47. The number of benzene rings is 1. The highest BCUT2D eigenvalue weighted by Crippen LogP contribution is 2.27. The SMILES string of the molecule is CCNC(=NCc1ccc(-n2ccnc2C)c(F)c1)NCC1CC1. The largest absolute Gasteiger partial charge is 0.357 e. The Morgan fingerprint density at radius 3 is 2.83 bits per heavy atom. The molecule has 0 spiro atoms. The number of rotatable bonds is 6. The van der Waals surface area contributed by atoms with Crippen LogP contribution in [-0.4, -0.2) is 28.6 Å². The molecule has 5 nitrogen and oxygen atoms in total. The molecule has 0 bridgehead atoms. The minimum Gasteiger partial charge on any atom is -0.357 e. The Morgan fingerprint density at radius 1 is 1.38 bits per heavy atom. The first-order valence-electron chi connectivity index (χ1n) is 8.48. The third-order valence-electron chi connectivity index (χ3n) is 4.12. The molecule has 1 aromatic heterocycles. The van der Waals surface area contributed by atoms with E-state index in [0.717, 1.165) is 36.4 Å². The molecule has 6 heteroatoms. The number of guanidine groups is 1. The summed E-state index contributed by atoms with van der Waals surface area (Å²) in [4.78, 5) is 8.68. The fraction of sp³-hybridized carbons (Fsp3) is 0.444. The average molecular weight is 329 g/mol. The van der Waals surface area contributed by atoms with E-state index in [4.69, 9.17) is 0 Å². The van der Waals surface area contributed by atoms with E-state index >= 15 is 0 Å². The van der Waals surface area contributed by atoms with Gasteiger partial charge in [-0.05, 0) is 50.3 Å². The Balaban J connectivity index is 1.68. The summed E-state index contributed by atoms with van der Waals surface area (Å²) in [5.74, 6) is 2.07. The molecule has 3 rings (SSSR count). The Kier molecular flexibility index (Phi) is 5.13. The van der Waals surface area contributed by atoms with Gasteiger partial charge in [-0.3, -0.25) is 0 Å². The molecule has 1 aromatic carbocycles. The van der Waals surface area contributed by atoms with Crippen molar-refractivity contribution in [3.63, 3.8) is 0 Å². The van der Waals surface area contributed by atoms with Crippen LogP contribution in [0.15, 0.2) is 35.6 Å². The number of halogens is 1. The first-order chi connectivity index (χ1) is 11.7. The third-order valence-corrected chi connectivity index (χ3v) is 4.12. The van der Waals surface area contributed by atoms with Gasteiger partial charge < -0.3 is 15.2 Å². The van der Waals surface area contributed by atoms with Crippen LogP contribution < -0.4 is 10.6 Å². The molecule has 128 valence electrons. The lowest BCUT2D eigenvalue weighted by Crippen LogP contribution is -2.38. The summed E-state index contributed by atoms with van der Waals surface area (Å²) in [6, 6.07) is 5.23. The van der Waals surface area contributed by atoms with Crippen LogP contribution in [0.2, 0.25) is 0 Å². The van der Waals surface area contributed by atoms with Crippen LogP contribution in [0.3, 0.4) is 0 Å². The van der Waals surface area contributed by atoms with Crippen LogP contribution in [0, 0.1) is 18.7 Å². The van der Waals surface area contributed by atoms with Crippen LogP contribution in [-0.2, 0) is 6.54 Å². The van der Waals surface area contributed by atoms with Gasteiger partial charge in [0.05, 0.1) is 12.2 Å². The lowest BCUT2D eigenvalue weighted by molar-refractivity contribution is 0.614. The second-order valence-corrected chi connectivity index (χ2v) is 6.15. The molecule has 0 radical (unpaired) electrons. The van der Waals surface area contributed by atoms with Crippen LogP contribution in [0.5, 0.6) is 0 Å². The summed E-state index contributed by atoms with van der Waals surface area (Å²) in [5, 5.41) is 6.57. The normalized spacial score (nSPS) is 14.7. The van der Waals surface area contributed by atoms with Crippen LogP contribution >= 0.6 is 0 Å². The highest BCUT2D eigenvalue weighted by Gasteiger charge is 2.21. The topological polar surface area (TPSA) is 54.2 Å². The van der Waals surface area contributed by atoms with Crippen LogP contribution in [0.1, 0.15) is 31.2 Å². The second-order valence-electron chi connectivity index (χ2n) is 6.15. The minimum absolute atomic E-state index is 0.264. The maximum atomic E-state index is 14.4. The molecule has 2 N–H and O–H groups in total. The van der Waals surface area contributed by atoms with Gasteiger partial charge in [0.15, 0.2) is 5.96 Å². The number of nitrogens with one attached hydrogen (secondary N) is 2. The van der Waals surface area contributed by atoms with Gasteiger partial charge in [-0.1, -0.05) is 6.07 Å². The van der Waals surface area contributed by atoms with Crippen molar-refractivity contribution in [1.82, 2.24) is 20.2 Å².